The molecule has 2 aliphatic rings. The SMILES string of the molecule is Cc1cccc(N2CCC(NC3CSCCSC3)CC2)c1. The van der Waals surface area contributed by atoms with Gasteiger partial charge in [0.05, 0.1) is 0 Å². The Bertz CT molecular complexity index is 436. The second-order valence-electron chi connectivity index (χ2n) is 6.11. The van der Waals surface area contributed by atoms with Gasteiger partial charge in [-0.05, 0) is 37.5 Å². The molecule has 1 aromatic rings. The van der Waals surface area contributed by atoms with Crippen LogP contribution < -0.4 is 10.2 Å². The highest BCUT2D eigenvalue weighted by Crippen LogP contribution is 2.22. The summed E-state index contributed by atoms with van der Waals surface area (Å²) in [5.41, 5.74) is 2.76. The van der Waals surface area contributed by atoms with E-state index in [-0.39, 0.29) is 0 Å². The minimum atomic E-state index is 0.718. The number of nitrogens with one attached hydrogen (secondary N) is 1. The molecule has 21 heavy (non-hydrogen) atoms. The average Bonchev–Trinajstić information content (AvgIpc) is 2.77. The van der Waals surface area contributed by atoms with E-state index in [2.05, 4.69) is 64.9 Å². The topological polar surface area (TPSA) is 15.3 Å². The molecule has 0 unspecified atom stereocenters. The van der Waals surface area contributed by atoms with Crippen LogP contribution in [0.15, 0.2) is 24.3 Å². The fourth-order valence-electron chi connectivity index (χ4n) is 3.18. The number of aryl methyl sites for hydroxylation is 1. The monoisotopic (exact) mass is 322 g/mol. The highest BCUT2D eigenvalue weighted by atomic mass is 32.2. The molecular weight excluding hydrogens is 296 g/mol. The first kappa shape index (κ1) is 15.6. The molecule has 2 nitrogen and oxygen atoms in total. The zero-order valence-corrected chi connectivity index (χ0v) is 14.5. The van der Waals surface area contributed by atoms with E-state index in [0.29, 0.717) is 0 Å². The number of rotatable bonds is 3. The summed E-state index contributed by atoms with van der Waals surface area (Å²) in [4.78, 5) is 2.54. The van der Waals surface area contributed by atoms with Gasteiger partial charge in [0.15, 0.2) is 0 Å². The second-order valence-corrected chi connectivity index (χ2v) is 8.41. The molecular formula is C17H26N2S2. The van der Waals surface area contributed by atoms with Crippen molar-refractivity contribution in [3.8, 4) is 0 Å². The smallest absolute Gasteiger partial charge is 0.0368 e. The maximum Gasteiger partial charge on any atom is 0.0368 e. The van der Waals surface area contributed by atoms with Gasteiger partial charge < -0.3 is 10.2 Å². The number of piperidine rings is 1. The molecule has 1 N–H and O–H groups in total. The fourth-order valence-corrected chi connectivity index (χ4v) is 5.60. The first-order valence-corrected chi connectivity index (χ1v) is 10.4. The lowest BCUT2D eigenvalue weighted by atomic mass is 10.0. The van der Waals surface area contributed by atoms with E-state index in [1.54, 1.807) is 0 Å². The maximum atomic E-state index is 3.91. The van der Waals surface area contributed by atoms with E-state index < -0.39 is 0 Å². The van der Waals surface area contributed by atoms with E-state index in [1.165, 1.54) is 60.2 Å². The van der Waals surface area contributed by atoms with Gasteiger partial charge in [-0.3, -0.25) is 0 Å². The van der Waals surface area contributed by atoms with Crippen molar-refractivity contribution in [3.63, 3.8) is 0 Å². The molecule has 116 valence electrons. The predicted molar refractivity (Wildman–Crippen MR) is 98.0 cm³/mol. The molecule has 0 amide bonds. The summed E-state index contributed by atoms with van der Waals surface area (Å²) < 4.78 is 0. The third-order valence-electron chi connectivity index (χ3n) is 4.34. The van der Waals surface area contributed by atoms with Crippen LogP contribution in [-0.4, -0.2) is 48.2 Å². The van der Waals surface area contributed by atoms with Gasteiger partial charge in [0.1, 0.15) is 0 Å². The summed E-state index contributed by atoms with van der Waals surface area (Å²) in [6, 6.07) is 10.4. The number of anilines is 1. The summed E-state index contributed by atoms with van der Waals surface area (Å²) in [6.07, 6.45) is 2.56. The second kappa shape index (κ2) is 7.80. The molecule has 0 radical (unpaired) electrons. The Morgan fingerprint density at radius 1 is 1.05 bits per heavy atom. The van der Waals surface area contributed by atoms with Crippen LogP contribution >= 0.6 is 23.5 Å². The third kappa shape index (κ3) is 4.57. The van der Waals surface area contributed by atoms with Crippen LogP contribution in [0.3, 0.4) is 0 Å². The minimum absolute atomic E-state index is 0.718. The summed E-state index contributed by atoms with van der Waals surface area (Å²) in [5, 5.41) is 3.91. The lowest BCUT2D eigenvalue weighted by Gasteiger charge is -2.35. The Hall–Kier alpha value is -0.320. The van der Waals surface area contributed by atoms with Crippen LogP contribution in [0.2, 0.25) is 0 Å². The summed E-state index contributed by atoms with van der Waals surface area (Å²) in [7, 11) is 0. The number of hydrogen-bond donors (Lipinski definition) is 1. The zero-order chi connectivity index (χ0) is 14.5. The van der Waals surface area contributed by atoms with Crippen molar-refractivity contribution in [1.82, 2.24) is 5.32 Å². The molecule has 3 rings (SSSR count). The first-order valence-electron chi connectivity index (χ1n) is 8.04. The standard InChI is InChI=1S/C17H26N2S2/c1-14-3-2-4-17(11-14)19-7-5-15(6-8-19)18-16-12-20-9-10-21-13-16/h2-4,11,15-16,18H,5-10,12-13H2,1H3. The van der Waals surface area contributed by atoms with Crippen LogP contribution in [-0.2, 0) is 0 Å². The van der Waals surface area contributed by atoms with Crippen molar-refractivity contribution in [2.24, 2.45) is 0 Å². The number of hydrogen-bond acceptors (Lipinski definition) is 4. The summed E-state index contributed by atoms with van der Waals surface area (Å²) >= 11 is 4.24. The number of thioether (sulfide) groups is 2. The molecule has 0 aromatic heterocycles. The van der Waals surface area contributed by atoms with Crippen molar-refractivity contribution < 1.29 is 0 Å². The predicted octanol–water partition coefficient (Wildman–Crippen LogP) is 3.40. The van der Waals surface area contributed by atoms with Gasteiger partial charge in [-0.25, -0.2) is 0 Å². The van der Waals surface area contributed by atoms with Crippen LogP contribution in [0.5, 0.6) is 0 Å². The number of nitrogens with zero attached hydrogens (tertiary/aromatic N) is 1. The van der Waals surface area contributed by atoms with E-state index in [1.807, 2.05) is 0 Å². The van der Waals surface area contributed by atoms with Gasteiger partial charge in [0.2, 0.25) is 0 Å². The maximum absolute atomic E-state index is 3.91. The van der Waals surface area contributed by atoms with Crippen molar-refractivity contribution >= 4 is 29.2 Å². The normalized spacial score (nSPS) is 22.2. The summed E-state index contributed by atoms with van der Waals surface area (Å²) in [5.74, 6) is 5.25. The van der Waals surface area contributed by atoms with Gasteiger partial charge >= 0.3 is 0 Å². The van der Waals surface area contributed by atoms with Crippen LogP contribution in [0.1, 0.15) is 18.4 Å². The van der Waals surface area contributed by atoms with E-state index >= 15 is 0 Å². The van der Waals surface area contributed by atoms with Gasteiger partial charge in [0.25, 0.3) is 0 Å². The molecule has 0 atom stereocenters. The Morgan fingerprint density at radius 2 is 1.76 bits per heavy atom. The number of benzene rings is 1. The molecule has 2 heterocycles. The van der Waals surface area contributed by atoms with Crippen LogP contribution in [0.4, 0.5) is 5.69 Å². The van der Waals surface area contributed by atoms with Crippen molar-refractivity contribution in [1.29, 1.82) is 0 Å². The lowest BCUT2D eigenvalue weighted by Crippen LogP contribution is -2.47. The van der Waals surface area contributed by atoms with Crippen molar-refractivity contribution in [3.05, 3.63) is 29.8 Å². The molecule has 0 saturated carbocycles. The highest BCUT2D eigenvalue weighted by molar-refractivity contribution is 8.03. The largest absolute Gasteiger partial charge is 0.371 e. The molecule has 2 fully saturated rings. The Balaban J connectivity index is 1.48. The Kier molecular flexibility index (Phi) is 5.78. The van der Waals surface area contributed by atoms with Crippen molar-refractivity contribution in [2.45, 2.75) is 31.8 Å². The Labute approximate surface area is 137 Å². The molecule has 2 saturated heterocycles. The molecule has 2 aliphatic heterocycles. The quantitative estimate of drug-likeness (QED) is 0.917. The van der Waals surface area contributed by atoms with Crippen LogP contribution in [0, 0.1) is 6.92 Å². The molecule has 0 aliphatic carbocycles. The Morgan fingerprint density at radius 3 is 2.43 bits per heavy atom. The van der Waals surface area contributed by atoms with Gasteiger partial charge in [-0.2, -0.15) is 23.5 Å². The molecule has 4 heteroatoms. The molecule has 1 aromatic carbocycles. The average molecular weight is 323 g/mol. The van der Waals surface area contributed by atoms with E-state index in [4.69, 9.17) is 0 Å². The van der Waals surface area contributed by atoms with Gasteiger partial charge in [0, 0.05) is 53.9 Å². The van der Waals surface area contributed by atoms with Gasteiger partial charge in [-0.1, -0.05) is 12.1 Å². The van der Waals surface area contributed by atoms with E-state index in [9.17, 15) is 0 Å². The zero-order valence-electron chi connectivity index (χ0n) is 12.9. The fraction of sp³-hybridized carbons (Fsp3) is 0.647. The van der Waals surface area contributed by atoms with Crippen LogP contribution in [0.25, 0.3) is 0 Å². The van der Waals surface area contributed by atoms with Crippen molar-refractivity contribution in [2.75, 3.05) is 41.0 Å². The van der Waals surface area contributed by atoms with E-state index in [0.717, 1.165) is 12.1 Å². The summed E-state index contributed by atoms with van der Waals surface area (Å²) in [6.45, 7) is 4.56. The minimum Gasteiger partial charge on any atom is -0.371 e. The highest BCUT2D eigenvalue weighted by Gasteiger charge is 2.22. The lowest BCUT2D eigenvalue weighted by molar-refractivity contribution is 0.392. The first-order chi connectivity index (χ1) is 10.3. The third-order valence-corrected chi connectivity index (χ3v) is 6.86. The van der Waals surface area contributed by atoms with Gasteiger partial charge in [-0.15, -0.1) is 0 Å². The molecule has 0 bridgehead atoms. The molecule has 0 spiro atoms.